The Morgan fingerprint density at radius 3 is 3.05 bits per heavy atom. The van der Waals surface area contributed by atoms with Crippen LogP contribution in [0, 0.1) is 5.92 Å². The van der Waals surface area contributed by atoms with E-state index in [4.69, 9.17) is 4.74 Å². The minimum absolute atomic E-state index is 0.0380. The molecule has 2 N–H and O–H groups in total. The number of fused-ring (bicyclic) bond motifs is 4. The van der Waals surface area contributed by atoms with E-state index >= 15 is 0 Å². The van der Waals surface area contributed by atoms with Gasteiger partial charge in [0.25, 0.3) is 0 Å². The van der Waals surface area contributed by atoms with Gasteiger partial charge in [-0.25, -0.2) is 0 Å². The van der Waals surface area contributed by atoms with Crippen molar-refractivity contribution in [2.24, 2.45) is 5.92 Å². The zero-order valence-corrected chi connectivity index (χ0v) is 13.0. The van der Waals surface area contributed by atoms with E-state index in [9.17, 15) is 5.11 Å². The molecule has 114 valence electrons. The Morgan fingerprint density at radius 1 is 1.52 bits per heavy atom. The molecular formula is C18H25NO2. The van der Waals surface area contributed by atoms with Gasteiger partial charge in [0.2, 0.25) is 0 Å². The summed E-state index contributed by atoms with van der Waals surface area (Å²) in [4.78, 5) is 0. The second kappa shape index (κ2) is 5.38. The van der Waals surface area contributed by atoms with Crippen molar-refractivity contribution in [3.63, 3.8) is 0 Å². The van der Waals surface area contributed by atoms with Crippen LogP contribution in [0.4, 0.5) is 0 Å². The highest BCUT2D eigenvalue weighted by atomic mass is 16.5. The number of benzene rings is 1. The van der Waals surface area contributed by atoms with Crippen molar-refractivity contribution < 1.29 is 9.84 Å². The van der Waals surface area contributed by atoms with E-state index in [1.165, 1.54) is 5.56 Å². The lowest BCUT2D eigenvalue weighted by Gasteiger charge is -2.52. The lowest BCUT2D eigenvalue weighted by atomic mass is 9.56. The SMILES string of the molecule is C=CCCC12CCN[C@H](Cc3ccc(OC)c(O)c31)C2C. The van der Waals surface area contributed by atoms with Crippen molar-refractivity contribution in [2.45, 2.75) is 44.1 Å². The maximum atomic E-state index is 10.8. The van der Waals surface area contributed by atoms with E-state index < -0.39 is 0 Å². The number of aromatic hydroxyl groups is 1. The van der Waals surface area contributed by atoms with Gasteiger partial charge in [0.05, 0.1) is 7.11 Å². The monoisotopic (exact) mass is 287 g/mol. The second-order valence-corrected chi connectivity index (χ2v) is 6.44. The lowest BCUT2D eigenvalue weighted by Crippen LogP contribution is -2.57. The number of phenolic OH excluding ortho intramolecular Hbond substituents is 1. The molecule has 3 rings (SSSR count). The predicted octanol–water partition coefficient (Wildman–Crippen LogP) is 3.16. The predicted molar refractivity (Wildman–Crippen MR) is 85.0 cm³/mol. The van der Waals surface area contributed by atoms with E-state index in [0.29, 0.717) is 23.5 Å². The molecule has 1 heterocycles. The van der Waals surface area contributed by atoms with Gasteiger partial charge in [0, 0.05) is 17.0 Å². The van der Waals surface area contributed by atoms with Crippen LogP contribution in [0.2, 0.25) is 0 Å². The van der Waals surface area contributed by atoms with Crippen LogP contribution in [-0.2, 0) is 11.8 Å². The Bertz CT molecular complexity index is 554. The van der Waals surface area contributed by atoms with Crippen LogP contribution < -0.4 is 10.1 Å². The molecule has 3 heteroatoms. The quantitative estimate of drug-likeness (QED) is 0.836. The molecule has 2 unspecified atom stereocenters. The van der Waals surface area contributed by atoms with E-state index in [1.807, 2.05) is 12.1 Å². The summed E-state index contributed by atoms with van der Waals surface area (Å²) >= 11 is 0. The van der Waals surface area contributed by atoms with Crippen LogP contribution in [0.3, 0.4) is 0 Å². The third-order valence-corrected chi connectivity index (χ3v) is 5.63. The summed E-state index contributed by atoms with van der Waals surface area (Å²) in [7, 11) is 1.62. The fourth-order valence-corrected chi connectivity index (χ4v) is 4.45. The summed E-state index contributed by atoms with van der Waals surface area (Å²) in [6.07, 6.45) is 6.07. The highest BCUT2D eigenvalue weighted by Crippen LogP contribution is 2.54. The third-order valence-electron chi connectivity index (χ3n) is 5.63. The molecule has 0 amide bonds. The van der Waals surface area contributed by atoms with Crippen LogP contribution in [0.1, 0.15) is 37.3 Å². The third kappa shape index (κ3) is 2.06. The zero-order chi connectivity index (χ0) is 15.0. The smallest absolute Gasteiger partial charge is 0.161 e. The normalized spacial score (nSPS) is 30.6. The molecule has 21 heavy (non-hydrogen) atoms. The molecule has 1 aliphatic carbocycles. The zero-order valence-electron chi connectivity index (χ0n) is 13.0. The Morgan fingerprint density at radius 2 is 2.33 bits per heavy atom. The maximum Gasteiger partial charge on any atom is 0.161 e. The van der Waals surface area contributed by atoms with Crippen molar-refractivity contribution in [1.82, 2.24) is 5.32 Å². The van der Waals surface area contributed by atoms with Crippen molar-refractivity contribution in [3.05, 3.63) is 35.9 Å². The first-order chi connectivity index (χ1) is 10.1. The number of ether oxygens (including phenoxy) is 1. The number of phenols is 1. The van der Waals surface area contributed by atoms with Gasteiger partial charge in [-0.1, -0.05) is 19.1 Å². The molecule has 1 aromatic carbocycles. The van der Waals surface area contributed by atoms with E-state index in [-0.39, 0.29) is 5.41 Å². The molecular weight excluding hydrogens is 262 g/mol. The molecule has 3 nitrogen and oxygen atoms in total. The molecule has 2 aliphatic rings. The van der Waals surface area contributed by atoms with Crippen LogP contribution >= 0.6 is 0 Å². The first-order valence-electron chi connectivity index (χ1n) is 7.87. The highest BCUT2D eigenvalue weighted by molar-refractivity contribution is 5.56. The molecule has 1 fully saturated rings. The molecule has 1 aromatic rings. The number of hydrogen-bond acceptors (Lipinski definition) is 3. The standard InChI is InChI=1S/C18H25NO2/c1-4-5-8-18-9-10-19-14(12(18)2)11-13-6-7-15(21-3)17(20)16(13)18/h4,6-7,12,14,19-20H,1,5,8-11H2,2-3H3/t12?,14-,18?/m1/s1. The summed E-state index contributed by atoms with van der Waals surface area (Å²) in [5.41, 5.74) is 2.44. The Kier molecular flexibility index (Phi) is 3.70. The maximum absolute atomic E-state index is 10.8. The molecule has 0 spiro atoms. The number of methoxy groups -OCH3 is 1. The average molecular weight is 287 g/mol. The van der Waals surface area contributed by atoms with Gasteiger partial charge in [-0.05, 0) is 49.8 Å². The number of allylic oxidation sites excluding steroid dienone is 1. The first kappa shape index (κ1) is 14.5. The molecule has 0 saturated carbocycles. The van der Waals surface area contributed by atoms with Gasteiger partial charge in [0.15, 0.2) is 11.5 Å². The van der Waals surface area contributed by atoms with Crippen molar-refractivity contribution in [1.29, 1.82) is 0 Å². The van der Waals surface area contributed by atoms with E-state index in [2.05, 4.69) is 24.9 Å². The lowest BCUT2D eigenvalue weighted by molar-refractivity contribution is 0.128. The summed E-state index contributed by atoms with van der Waals surface area (Å²) < 4.78 is 5.35. The summed E-state index contributed by atoms with van der Waals surface area (Å²) in [6.45, 7) is 7.22. The first-order valence-corrected chi connectivity index (χ1v) is 7.87. The molecule has 3 atom stereocenters. The van der Waals surface area contributed by atoms with E-state index in [1.54, 1.807) is 7.11 Å². The summed E-state index contributed by atoms with van der Waals surface area (Å²) in [5, 5.41) is 14.4. The van der Waals surface area contributed by atoms with Crippen molar-refractivity contribution in [3.8, 4) is 11.5 Å². The number of piperidine rings is 1. The summed E-state index contributed by atoms with van der Waals surface area (Å²) in [6, 6.07) is 4.52. The fraction of sp³-hybridized carbons (Fsp3) is 0.556. The Labute approximate surface area is 127 Å². The van der Waals surface area contributed by atoms with Crippen molar-refractivity contribution >= 4 is 0 Å². The largest absolute Gasteiger partial charge is 0.504 e. The molecule has 2 bridgehead atoms. The van der Waals surface area contributed by atoms with Gasteiger partial charge in [-0.2, -0.15) is 0 Å². The second-order valence-electron chi connectivity index (χ2n) is 6.44. The highest BCUT2D eigenvalue weighted by Gasteiger charge is 2.49. The minimum Gasteiger partial charge on any atom is -0.504 e. The fourth-order valence-electron chi connectivity index (χ4n) is 4.45. The number of hydrogen-bond donors (Lipinski definition) is 2. The van der Waals surface area contributed by atoms with Gasteiger partial charge in [0.1, 0.15) is 0 Å². The van der Waals surface area contributed by atoms with Gasteiger partial charge in [-0.3, -0.25) is 0 Å². The van der Waals surface area contributed by atoms with Gasteiger partial charge >= 0.3 is 0 Å². The summed E-state index contributed by atoms with van der Waals surface area (Å²) in [5.74, 6) is 1.46. The topological polar surface area (TPSA) is 41.5 Å². The molecule has 0 aromatic heterocycles. The number of nitrogens with one attached hydrogen (secondary N) is 1. The average Bonchev–Trinajstić information content (AvgIpc) is 2.47. The van der Waals surface area contributed by atoms with Crippen LogP contribution in [-0.4, -0.2) is 24.8 Å². The van der Waals surface area contributed by atoms with Gasteiger partial charge in [-0.15, -0.1) is 6.58 Å². The Balaban J connectivity index is 2.18. The van der Waals surface area contributed by atoms with Gasteiger partial charge < -0.3 is 15.2 Å². The molecule has 0 radical (unpaired) electrons. The van der Waals surface area contributed by atoms with E-state index in [0.717, 1.165) is 37.8 Å². The molecule has 1 aliphatic heterocycles. The van der Waals surface area contributed by atoms with Crippen LogP contribution in [0.25, 0.3) is 0 Å². The van der Waals surface area contributed by atoms with Crippen LogP contribution in [0.5, 0.6) is 11.5 Å². The minimum atomic E-state index is 0.0380. The molecule has 1 saturated heterocycles. The van der Waals surface area contributed by atoms with Crippen molar-refractivity contribution in [2.75, 3.05) is 13.7 Å². The Hall–Kier alpha value is -1.48. The number of rotatable bonds is 4. The van der Waals surface area contributed by atoms with Crippen LogP contribution in [0.15, 0.2) is 24.8 Å².